The van der Waals surface area contributed by atoms with E-state index in [0.29, 0.717) is 12.5 Å². The van der Waals surface area contributed by atoms with E-state index in [2.05, 4.69) is 27.9 Å². The smallest absolute Gasteiger partial charge is 0.407 e. The maximum absolute atomic E-state index is 11.3. The fraction of sp³-hybridized carbons (Fsp3) is 0.583. The van der Waals surface area contributed by atoms with Crippen molar-refractivity contribution in [2.45, 2.75) is 33.3 Å². The van der Waals surface area contributed by atoms with E-state index in [1.165, 1.54) is 0 Å². The zero-order valence-corrected chi connectivity index (χ0v) is 12.4. The molecule has 0 aromatic rings. The quantitative estimate of drug-likeness (QED) is 0.628. The molecule has 0 aliphatic rings. The summed E-state index contributed by atoms with van der Waals surface area (Å²) in [6, 6.07) is 0. The van der Waals surface area contributed by atoms with Gasteiger partial charge in [0, 0.05) is 6.54 Å². The fourth-order valence-corrected chi connectivity index (χ4v) is 1.16. The van der Waals surface area contributed by atoms with Crippen LogP contribution in [0.15, 0.2) is 22.3 Å². The molecule has 0 aliphatic carbocycles. The van der Waals surface area contributed by atoms with E-state index in [0.717, 1.165) is 0 Å². The van der Waals surface area contributed by atoms with E-state index < -0.39 is 5.60 Å². The van der Waals surface area contributed by atoms with Crippen LogP contribution in [0.5, 0.6) is 0 Å². The summed E-state index contributed by atoms with van der Waals surface area (Å²) < 4.78 is 7.06. The number of carbonyl (C=O) groups excluding carboxylic acids is 1. The van der Waals surface area contributed by atoms with Gasteiger partial charge in [0.25, 0.3) is 0 Å². The molecule has 0 unspecified atom stereocenters. The van der Waals surface area contributed by atoms with Crippen LogP contribution in [0.4, 0.5) is 4.79 Å². The Hall–Kier alpha value is -0.520. The Morgan fingerprint density at radius 2 is 2.06 bits per heavy atom. The zero-order chi connectivity index (χ0) is 12.6. The normalized spacial score (nSPS) is 14.3. The molecule has 1 amide bonds. The number of allylic oxidation sites excluding steroid dienone is 2. The second-order valence-electron chi connectivity index (χ2n) is 4.56. The summed E-state index contributed by atoms with van der Waals surface area (Å²) in [5.74, 6) is 0.292. The number of rotatable bonds is 4. The fourth-order valence-electron chi connectivity index (χ4n) is 0.922. The number of ether oxygens (including phenoxy) is 1. The highest BCUT2D eigenvalue weighted by molar-refractivity contribution is 14.1. The topological polar surface area (TPSA) is 38.3 Å². The minimum atomic E-state index is -0.437. The lowest BCUT2D eigenvalue weighted by atomic mass is 10.1. The van der Waals surface area contributed by atoms with Crippen LogP contribution in [0, 0.1) is 5.92 Å². The number of carbonyl (C=O) groups is 1. The minimum absolute atomic E-state index is 0.292. The molecule has 0 radical (unpaired) electrons. The average Bonchev–Trinajstić information content (AvgIpc) is 2.12. The Bertz CT molecular complexity index is 267. The first kappa shape index (κ1) is 15.5. The first-order chi connectivity index (χ1) is 7.35. The van der Waals surface area contributed by atoms with Crippen LogP contribution < -0.4 is 5.32 Å². The number of halogens is 1. The van der Waals surface area contributed by atoms with Gasteiger partial charge in [0.1, 0.15) is 5.60 Å². The van der Waals surface area contributed by atoms with Crippen LogP contribution in [0.25, 0.3) is 0 Å². The summed E-state index contributed by atoms with van der Waals surface area (Å²) in [6.45, 7) is 8.17. The second kappa shape index (κ2) is 7.70. The van der Waals surface area contributed by atoms with Gasteiger partial charge in [-0.15, -0.1) is 0 Å². The predicted molar refractivity (Wildman–Crippen MR) is 75.7 cm³/mol. The highest BCUT2D eigenvalue weighted by atomic mass is 127. The molecule has 0 fully saturated rings. The molecule has 0 aromatic carbocycles. The van der Waals surface area contributed by atoms with Crippen molar-refractivity contribution in [3.8, 4) is 0 Å². The van der Waals surface area contributed by atoms with Gasteiger partial charge in [-0.05, 0) is 30.8 Å². The third-order valence-corrected chi connectivity index (χ3v) is 2.01. The van der Waals surface area contributed by atoms with Crippen LogP contribution in [-0.2, 0) is 4.74 Å². The molecule has 3 nitrogen and oxygen atoms in total. The van der Waals surface area contributed by atoms with Gasteiger partial charge in [0.05, 0.1) is 0 Å². The Morgan fingerprint density at radius 1 is 1.44 bits per heavy atom. The molecule has 0 saturated carbocycles. The van der Waals surface area contributed by atoms with Gasteiger partial charge in [-0.1, -0.05) is 47.7 Å². The van der Waals surface area contributed by atoms with Crippen molar-refractivity contribution in [1.29, 1.82) is 0 Å². The molecule has 16 heavy (non-hydrogen) atoms. The second-order valence-corrected chi connectivity index (χ2v) is 5.28. The summed E-state index contributed by atoms with van der Waals surface area (Å²) in [7, 11) is 0. The van der Waals surface area contributed by atoms with Gasteiger partial charge in [0.2, 0.25) is 0 Å². The molecule has 0 bridgehead atoms. The largest absolute Gasteiger partial charge is 0.444 e. The molecule has 0 aromatic heterocycles. The van der Waals surface area contributed by atoms with Crippen molar-refractivity contribution in [1.82, 2.24) is 5.32 Å². The highest BCUT2D eigenvalue weighted by Gasteiger charge is 2.15. The van der Waals surface area contributed by atoms with Crippen molar-refractivity contribution < 1.29 is 9.53 Å². The number of hydrogen-bond donors (Lipinski definition) is 1. The van der Waals surface area contributed by atoms with Crippen molar-refractivity contribution in [2.75, 3.05) is 6.54 Å². The van der Waals surface area contributed by atoms with Gasteiger partial charge in [-0.25, -0.2) is 4.79 Å². The third-order valence-electron chi connectivity index (χ3n) is 1.59. The highest BCUT2D eigenvalue weighted by Crippen LogP contribution is 2.06. The summed E-state index contributed by atoms with van der Waals surface area (Å²) in [5.41, 5.74) is -0.437. The molecule has 0 saturated heterocycles. The van der Waals surface area contributed by atoms with Crippen molar-refractivity contribution in [3.05, 3.63) is 22.3 Å². The molecule has 1 N–H and O–H groups in total. The predicted octanol–water partition coefficient (Wildman–Crippen LogP) is 3.65. The van der Waals surface area contributed by atoms with E-state index in [1.807, 2.05) is 50.0 Å². The average molecular weight is 337 g/mol. The van der Waals surface area contributed by atoms with Gasteiger partial charge < -0.3 is 10.1 Å². The number of hydrogen-bond acceptors (Lipinski definition) is 2. The number of alkyl carbamates (subject to hydrolysis) is 1. The summed E-state index contributed by atoms with van der Waals surface area (Å²) in [4.78, 5) is 11.3. The van der Waals surface area contributed by atoms with Crippen molar-refractivity contribution in [3.63, 3.8) is 0 Å². The molecule has 0 heterocycles. The van der Waals surface area contributed by atoms with E-state index in [4.69, 9.17) is 4.74 Å². The molecule has 1 atom stereocenters. The van der Waals surface area contributed by atoms with E-state index in [1.54, 1.807) is 0 Å². The molecule has 92 valence electrons. The van der Waals surface area contributed by atoms with Crippen molar-refractivity contribution >= 4 is 28.7 Å². The number of amides is 1. The lowest BCUT2D eigenvalue weighted by Gasteiger charge is -2.20. The maximum atomic E-state index is 11.3. The summed E-state index contributed by atoms with van der Waals surface area (Å²) in [5, 5.41) is 2.73. The van der Waals surface area contributed by atoms with Crippen LogP contribution >= 0.6 is 22.6 Å². The lowest BCUT2D eigenvalue weighted by Crippen LogP contribution is -2.34. The Balaban J connectivity index is 3.84. The monoisotopic (exact) mass is 337 g/mol. The standard InChI is InChI=1S/C12H20INO2/c1-10(7-5-6-8-13)9-14-11(15)16-12(2,3)4/h5-8,10H,9H2,1-4H3,(H,14,15)/b7-5+,8-6+/t10-/m1/s1. The van der Waals surface area contributed by atoms with E-state index in [9.17, 15) is 4.79 Å². The molecule has 0 spiro atoms. The molecule has 0 aliphatic heterocycles. The summed E-state index contributed by atoms with van der Waals surface area (Å²) in [6.07, 6.45) is 5.59. The van der Waals surface area contributed by atoms with Gasteiger partial charge in [0.15, 0.2) is 0 Å². The molecule has 4 heteroatoms. The lowest BCUT2D eigenvalue weighted by molar-refractivity contribution is 0.0523. The van der Waals surface area contributed by atoms with Crippen molar-refractivity contribution in [2.24, 2.45) is 5.92 Å². The third kappa shape index (κ3) is 10.0. The Kier molecular flexibility index (Phi) is 7.45. The first-order valence-electron chi connectivity index (χ1n) is 5.25. The zero-order valence-electron chi connectivity index (χ0n) is 10.3. The molecule has 0 rings (SSSR count). The SMILES string of the molecule is C[C@H](/C=C/C=C/I)CNC(=O)OC(C)(C)C. The molecular formula is C12H20INO2. The Labute approximate surface area is 111 Å². The van der Waals surface area contributed by atoms with Gasteiger partial charge in [-0.3, -0.25) is 0 Å². The van der Waals surface area contributed by atoms with Crippen LogP contribution in [0.1, 0.15) is 27.7 Å². The van der Waals surface area contributed by atoms with E-state index >= 15 is 0 Å². The van der Waals surface area contributed by atoms with Gasteiger partial charge in [-0.2, -0.15) is 0 Å². The number of nitrogens with one attached hydrogen (secondary N) is 1. The van der Waals surface area contributed by atoms with Gasteiger partial charge >= 0.3 is 6.09 Å². The minimum Gasteiger partial charge on any atom is -0.444 e. The van der Waals surface area contributed by atoms with Crippen LogP contribution in [0.2, 0.25) is 0 Å². The summed E-state index contributed by atoms with van der Waals surface area (Å²) >= 11 is 2.16. The maximum Gasteiger partial charge on any atom is 0.407 e. The van der Waals surface area contributed by atoms with Crippen LogP contribution in [0.3, 0.4) is 0 Å². The van der Waals surface area contributed by atoms with Crippen LogP contribution in [-0.4, -0.2) is 18.2 Å². The molecular weight excluding hydrogens is 317 g/mol. The Morgan fingerprint density at radius 3 is 2.56 bits per heavy atom. The van der Waals surface area contributed by atoms with E-state index in [-0.39, 0.29) is 6.09 Å². The first-order valence-corrected chi connectivity index (χ1v) is 6.50.